The van der Waals surface area contributed by atoms with Crippen LogP contribution in [-0.2, 0) is 66.7 Å². The third-order valence-corrected chi connectivity index (χ3v) is 22.2. The Morgan fingerprint density at radius 2 is 1.00 bits per heavy atom. The molecule has 2 aliphatic heterocycles. The molecule has 15 heteroatoms. The molecule has 0 amide bonds. The van der Waals surface area contributed by atoms with E-state index in [4.69, 9.17) is 33.2 Å². The summed E-state index contributed by atoms with van der Waals surface area (Å²) in [6.07, 6.45) is 23.1. The molecular weight excluding hydrogens is 1070 g/mol. The van der Waals surface area contributed by atoms with Crippen molar-refractivity contribution in [2.45, 2.75) is 308 Å². The maximum atomic E-state index is 12.5. The third-order valence-electron chi connectivity index (χ3n) is 22.2. The van der Waals surface area contributed by atoms with Crippen molar-refractivity contribution < 1.29 is 66.7 Å². The van der Waals surface area contributed by atoms with Crippen LogP contribution in [0.4, 0.5) is 0 Å². The van der Waals surface area contributed by atoms with E-state index in [9.17, 15) is 38.8 Å². The van der Waals surface area contributed by atoms with Crippen LogP contribution in [0.1, 0.15) is 272 Å². The number of cyclic esters (lactones) is 1. The van der Waals surface area contributed by atoms with Crippen molar-refractivity contribution in [2.75, 3.05) is 6.61 Å². The van der Waals surface area contributed by atoms with Crippen molar-refractivity contribution in [3.8, 4) is 6.07 Å². The predicted molar refractivity (Wildman–Crippen MR) is 321 cm³/mol. The van der Waals surface area contributed by atoms with Gasteiger partial charge in [0.25, 0.3) is 0 Å². The van der Waals surface area contributed by atoms with Gasteiger partial charge >= 0.3 is 41.8 Å². The molecule has 2 heterocycles. The second-order valence-electron chi connectivity index (χ2n) is 30.5. The summed E-state index contributed by atoms with van der Waals surface area (Å²) in [4.78, 5) is 83.1. The quantitative estimate of drug-likeness (QED) is 0.104. The molecule has 6 bridgehead atoms. The minimum atomic E-state index is -0.974. The zero-order valence-corrected chi connectivity index (χ0v) is 55.5. The number of carbonyl (C=O) groups excluding carboxylic acids is 7. The topological polar surface area (TPSA) is 208 Å². The molecule has 0 aromatic rings. The van der Waals surface area contributed by atoms with Crippen molar-refractivity contribution in [1.29, 1.82) is 5.26 Å². The Hall–Kier alpha value is -4.22. The molecule has 84 heavy (non-hydrogen) atoms. The first-order valence-electron chi connectivity index (χ1n) is 32.9. The minimum Gasteiger partial charge on any atom is -0.463 e. The lowest BCUT2D eigenvalue weighted by molar-refractivity contribution is -0.211. The fraction of sp³-hybridized carbons (Fsp3) is 0.884. The molecule has 15 nitrogen and oxygen atoms in total. The predicted octanol–water partition coefficient (Wildman–Crippen LogP) is 14.9. The number of rotatable bonds is 16. The van der Waals surface area contributed by atoms with E-state index in [1.54, 1.807) is 13.8 Å². The number of fused-ring (bicyclic) bond motifs is 1. The first kappa shape index (κ1) is 70.5. The van der Waals surface area contributed by atoms with Gasteiger partial charge in [0.2, 0.25) is 6.10 Å². The molecule has 10 fully saturated rings. The molecular formula is C69H113NO14. The number of nitrogens with zero attached hydrogens (tertiary/aromatic N) is 1. The fourth-order valence-electron chi connectivity index (χ4n) is 13.5. The summed E-state index contributed by atoms with van der Waals surface area (Å²) >= 11 is 0. The number of esters is 7. The maximum absolute atomic E-state index is 12.5. The Bertz CT molecular complexity index is 2300. The van der Waals surface area contributed by atoms with Gasteiger partial charge in [0.1, 0.15) is 29.5 Å². The van der Waals surface area contributed by atoms with E-state index < -0.39 is 40.4 Å². The van der Waals surface area contributed by atoms with Crippen molar-refractivity contribution in [1.82, 2.24) is 0 Å². The molecule has 10 rings (SSSR count). The number of hydrogen-bond acceptors (Lipinski definition) is 15. The van der Waals surface area contributed by atoms with E-state index in [-0.39, 0.29) is 81.3 Å². The summed E-state index contributed by atoms with van der Waals surface area (Å²) in [6, 6.07) is 2.15. The summed E-state index contributed by atoms with van der Waals surface area (Å²) in [6.45, 7) is 35.9. The average molecular weight is 1180 g/mol. The van der Waals surface area contributed by atoms with E-state index in [2.05, 4.69) is 33.8 Å². The van der Waals surface area contributed by atoms with Crippen LogP contribution in [-0.4, -0.2) is 84.0 Å². The van der Waals surface area contributed by atoms with Gasteiger partial charge in [-0.1, -0.05) is 60.3 Å². The summed E-state index contributed by atoms with van der Waals surface area (Å²) in [5.74, 6) is 2.13. The van der Waals surface area contributed by atoms with Crippen molar-refractivity contribution in [2.24, 2.45) is 73.9 Å². The molecule has 6 unspecified atom stereocenters. The SMILES string of the molecule is CCC(C)(C)C(=O)OC(C)(C)C1CCCCC1.CCC(C)(C)C(=O)OC1(C)C2CC3CC(C2)CC1C3.CCC(C)(C)C(=O)OC1C2CC3C1OC(=O)C3(C#N)C2.CCC(C)(C)C(=O)OC1CCCCC1.CCC(C)(C)C(=O)OC1CCOC1=O. The van der Waals surface area contributed by atoms with E-state index in [1.165, 1.54) is 83.5 Å². The molecule has 0 radical (unpaired) electrons. The van der Waals surface area contributed by atoms with E-state index in [1.807, 2.05) is 83.1 Å². The molecule has 0 N–H and O–H groups in total. The first-order valence-corrected chi connectivity index (χ1v) is 32.9. The summed E-state index contributed by atoms with van der Waals surface area (Å²) in [5, 5.41) is 9.31. The van der Waals surface area contributed by atoms with Crippen molar-refractivity contribution in [3.63, 3.8) is 0 Å². The van der Waals surface area contributed by atoms with Gasteiger partial charge in [0.05, 0.1) is 39.8 Å². The smallest absolute Gasteiger partial charge is 0.347 e. The van der Waals surface area contributed by atoms with Gasteiger partial charge in [-0.25, -0.2) is 4.79 Å². The van der Waals surface area contributed by atoms with Crippen molar-refractivity contribution in [3.05, 3.63) is 0 Å². The maximum Gasteiger partial charge on any atom is 0.347 e. The molecule has 6 atom stereocenters. The molecule has 8 aliphatic carbocycles. The van der Waals surface area contributed by atoms with Crippen LogP contribution in [0, 0.1) is 85.2 Å². The Morgan fingerprint density at radius 1 is 0.560 bits per heavy atom. The van der Waals surface area contributed by atoms with Crippen molar-refractivity contribution >= 4 is 41.8 Å². The highest BCUT2D eigenvalue weighted by atomic mass is 16.6. The van der Waals surface area contributed by atoms with Crippen LogP contribution < -0.4 is 0 Å². The third kappa shape index (κ3) is 16.5. The van der Waals surface area contributed by atoms with Gasteiger partial charge in [-0.05, 0) is 235 Å². The number of carbonyl (C=O) groups is 7. The number of ether oxygens (including phenoxy) is 7. The van der Waals surface area contributed by atoms with Crippen LogP contribution in [0.25, 0.3) is 0 Å². The largest absolute Gasteiger partial charge is 0.463 e. The van der Waals surface area contributed by atoms with E-state index in [0.717, 1.165) is 50.4 Å². The highest BCUT2D eigenvalue weighted by molar-refractivity contribution is 5.85. The van der Waals surface area contributed by atoms with Gasteiger partial charge in [0, 0.05) is 18.3 Å². The van der Waals surface area contributed by atoms with E-state index >= 15 is 0 Å². The first-order chi connectivity index (χ1) is 39.0. The Kier molecular flexibility index (Phi) is 23.8. The average Bonchev–Trinajstić information content (AvgIpc) is 1.57. The number of hydrogen-bond donors (Lipinski definition) is 0. The molecule has 478 valence electrons. The van der Waals surface area contributed by atoms with Crippen LogP contribution >= 0.6 is 0 Å². The van der Waals surface area contributed by atoms with Crippen LogP contribution in [0.2, 0.25) is 0 Å². The highest BCUT2D eigenvalue weighted by Gasteiger charge is 2.72. The summed E-state index contributed by atoms with van der Waals surface area (Å²) in [7, 11) is 0. The van der Waals surface area contributed by atoms with Gasteiger partial charge in [-0.3, -0.25) is 28.8 Å². The zero-order chi connectivity index (χ0) is 63.0. The van der Waals surface area contributed by atoms with E-state index in [0.29, 0.717) is 50.0 Å². The van der Waals surface area contributed by atoms with Gasteiger partial charge in [-0.15, -0.1) is 0 Å². The molecule has 2 saturated heterocycles. The molecule has 0 aromatic heterocycles. The summed E-state index contributed by atoms with van der Waals surface area (Å²) < 4.78 is 38.2. The van der Waals surface area contributed by atoms with Crippen LogP contribution in [0.15, 0.2) is 0 Å². The molecule has 0 spiro atoms. The van der Waals surface area contributed by atoms with Crippen LogP contribution in [0.5, 0.6) is 0 Å². The normalized spacial score (nSPS) is 30.7. The lowest BCUT2D eigenvalue weighted by atomic mass is 9.50. The minimum absolute atomic E-state index is 0.0185. The summed E-state index contributed by atoms with van der Waals surface area (Å²) in [5.41, 5.74) is -3.50. The molecule has 8 saturated carbocycles. The Labute approximate surface area is 506 Å². The zero-order valence-electron chi connectivity index (χ0n) is 55.5. The molecule has 0 aromatic carbocycles. The Morgan fingerprint density at radius 3 is 1.45 bits per heavy atom. The highest BCUT2D eigenvalue weighted by Crippen LogP contribution is 2.63. The number of nitriles is 1. The molecule has 10 aliphatic rings. The van der Waals surface area contributed by atoms with Gasteiger partial charge < -0.3 is 33.2 Å². The van der Waals surface area contributed by atoms with Gasteiger partial charge in [0.15, 0.2) is 5.41 Å². The second kappa shape index (κ2) is 28.3. The monoisotopic (exact) mass is 1180 g/mol. The van der Waals surface area contributed by atoms with Gasteiger partial charge in [-0.2, -0.15) is 5.26 Å². The van der Waals surface area contributed by atoms with Crippen LogP contribution in [0.3, 0.4) is 0 Å². The second-order valence-corrected chi connectivity index (χ2v) is 30.5. The lowest BCUT2D eigenvalue weighted by Gasteiger charge is -2.59. The Balaban J connectivity index is 0.000000194. The fourth-order valence-corrected chi connectivity index (χ4v) is 13.5. The standard InChI is InChI=1S/C17H28O2.C15H19NO4.C15H28O2.C12H22O2.C10H16O4/c1-5-16(2,3)15(18)19-17(4)13-7-11-6-12(9-13)10-14(17)8-11;1-4-14(2,3)12(17)19-10-8-5-9-11(10)20-13(18)15(9,6-8)7-16;1-6-14(2,3)13(16)17-15(4,5)12-10-8-7-9-11-12;1-4-12(2,3)11(13)14-10-8-6-5-7-9-10;1-4-10(2,3)9(12)14-7-5-6-13-8(7)11/h11-14H,5-10H2,1-4H3;8-11H,4-6H2,1-3H3;12H,6-11H2,1-5H3;10H,4-9H2,1-3H3;7H,4-6H2,1-3H3. The lowest BCUT2D eigenvalue weighted by Crippen LogP contribution is -2.58.